The number of benzene rings is 2. The molecule has 2 aromatic carbocycles. The molecule has 9 heteroatoms. The number of amides is 1. The second-order valence-electron chi connectivity index (χ2n) is 6.22. The van der Waals surface area contributed by atoms with E-state index in [-0.39, 0.29) is 22.2 Å². The fourth-order valence-corrected chi connectivity index (χ4v) is 4.19. The summed E-state index contributed by atoms with van der Waals surface area (Å²) in [5, 5.41) is 1.65. The van der Waals surface area contributed by atoms with Crippen LogP contribution in [-0.2, 0) is 10.0 Å². The van der Waals surface area contributed by atoms with Crippen LogP contribution in [0.3, 0.4) is 0 Å². The number of aromatic nitrogens is 2. The third kappa shape index (κ3) is 3.72. The lowest BCUT2D eigenvalue weighted by atomic mass is 10.2. The summed E-state index contributed by atoms with van der Waals surface area (Å²) in [6, 6.07) is 13.0. The number of hydrogen-bond acceptors (Lipinski definition) is 6. The minimum absolute atomic E-state index is 0.0233. The monoisotopic (exact) mass is 427 g/mol. The molecule has 146 valence electrons. The van der Waals surface area contributed by atoms with E-state index in [2.05, 4.69) is 14.7 Å². The van der Waals surface area contributed by atoms with Gasteiger partial charge in [0.15, 0.2) is 5.69 Å². The average Bonchev–Trinajstić information content (AvgIpc) is 3.09. The molecule has 4 aromatic rings. The number of carbonyl (C=O) groups is 1. The molecular formula is C20H14ClN3O4S. The molecule has 0 spiro atoms. The molecule has 0 atom stereocenters. The number of nitrogens with zero attached hydrogens (tertiary/aromatic N) is 2. The number of oxazole rings is 1. The summed E-state index contributed by atoms with van der Waals surface area (Å²) in [5.74, 6) is -0.486. The van der Waals surface area contributed by atoms with E-state index in [1.807, 2.05) is 0 Å². The summed E-state index contributed by atoms with van der Waals surface area (Å²) in [4.78, 5) is 20.8. The number of carbonyl (C=O) groups excluding carboxylic acids is 1. The van der Waals surface area contributed by atoms with Crippen LogP contribution >= 0.6 is 11.6 Å². The maximum Gasteiger partial charge on any atom is 0.287 e. The predicted octanol–water partition coefficient (Wildman–Crippen LogP) is 3.97. The van der Waals surface area contributed by atoms with E-state index in [0.717, 1.165) is 0 Å². The van der Waals surface area contributed by atoms with Gasteiger partial charge in [-0.15, -0.1) is 0 Å². The molecule has 4 rings (SSSR count). The Kier molecular flexibility index (Phi) is 4.81. The molecule has 0 radical (unpaired) electrons. The summed E-state index contributed by atoms with van der Waals surface area (Å²) >= 11 is 5.87. The average molecular weight is 428 g/mol. The lowest BCUT2D eigenvalue weighted by Crippen LogP contribution is -2.31. The van der Waals surface area contributed by atoms with E-state index in [1.54, 1.807) is 48.7 Å². The predicted molar refractivity (Wildman–Crippen MR) is 108 cm³/mol. The molecule has 0 fully saturated rings. The second-order valence-corrected chi connectivity index (χ2v) is 8.31. The molecule has 1 N–H and O–H groups in total. The molecule has 2 heterocycles. The quantitative estimate of drug-likeness (QED) is 0.528. The van der Waals surface area contributed by atoms with E-state index >= 15 is 0 Å². The van der Waals surface area contributed by atoms with Crippen LogP contribution in [0.15, 0.2) is 70.2 Å². The van der Waals surface area contributed by atoms with Crippen molar-refractivity contribution in [3.63, 3.8) is 0 Å². The van der Waals surface area contributed by atoms with Gasteiger partial charge in [0, 0.05) is 33.8 Å². The van der Waals surface area contributed by atoms with Gasteiger partial charge in [0.25, 0.3) is 15.9 Å². The molecule has 0 aliphatic heterocycles. The van der Waals surface area contributed by atoms with Gasteiger partial charge in [-0.2, -0.15) is 0 Å². The molecule has 0 saturated carbocycles. The highest BCUT2D eigenvalue weighted by atomic mass is 35.5. The Bertz CT molecular complexity index is 1330. The van der Waals surface area contributed by atoms with Gasteiger partial charge in [0.2, 0.25) is 5.89 Å². The molecule has 7 nitrogen and oxygen atoms in total. The van der Waals surface area contributed by atoms with E-state index in [4.69, 9.17) is 16.0 Å². The Hall–Kier alpha value is -3.23. The van der Waals surface area contributed by atoms with Gasteiger partial charge in [0.05, 0.1) is 4.90 Å². The molecule has 0 bridgehead atoms. The lowest BCUT2D eigenvalue weighted by Gasteiger charge is -2.08. The molecule has 2 aromatic heterocycles. The third-order valence-electron chi connectivity index (χ3n) is 4.26. The summed E-state index contributed by atoms with van der Waals surface area (Å²) in [6.45, 7) is 1.54. The van der Waals surface area contributed by atoms with Crippen molar-refractivity contribution in [2.75, 3.05) is 0 Å². The standard InChI is InChI=1S/C20H14ClN3O4S/c1-12-18(23-20(28-12)13-5-7-15(21)8-6-13)19(25)24-29(26,27)17-4-2-3-14-11-22-10-9-16(14)17/h2-11H,1H3,(H,24,25). The molecule has 0 aliphatic carbocycles. The van der Waals surface area contributed by atoms with Crippen molar-refractivity contribution >= 4 is 38.3 Å². The molecule has 0 saturated heterocycles. The fourth-order valence-electron chi connectivity index (χ4n) is 2.88. The number of fused-ring (bicyclic) bond motifs is 1. The Labute approximate surface area is 171 Å². The van der Waals surface area contributed by atoms with Crippen LogP contribution < -0.4 is 4.72 Å². The molecule has 0 aliphatic rings. The van der Waals surface area contributed by atoms with Crippen molar-refractivity contribution in [2.24, 2.45) is 0 Å². The van der Waals surface area contributed by atoms with Crippen LogP contribution in [0.4, 0.5) is 0 Å². The lowest BCUT2D eigenvalue weighted by molar-refractivity contribution is 0.0975. The second kappa shape index (κ2) is 7.31. The van der Waals surface area contributed by atoms with Crippen molar-refractivity contribution in [1.29, 1.82) is 0 Å². The molecular weight excluding hydrogens is 414 g/mol. The number of nitrogens with one attached hydrogen (secondary N) is 1. The SMILES string of the molecule is Cc1oc(-c2ccc(Cl)cc2)nc1C(=O)NS(=O)(=O)c1cccc2cnccc12. The molecule has 0 unspecified atom stereocenters. The minimum Gasteiger partial charge on any atom is -0.441 e. The summed E-state index contributed by atoms with van der Waals surface area (Å²) in [7, 11) is -4.14. The van der Waals surface area contributed by atoms with Crippen LogP contribution in [-0.4, -0.2) is 24.3 Å². The summed E-state index contributed by atoms with van der Waals surface area (Å²) in [6.07, 6.45) is 3.04. The third-order valence-corrected chi connectivity index (χ3v) is 5.90. The van der Waals surface area contributed by atoms with Crippen molar-refractivity contribution in [1.82, 2.24) is 14.7 Å². The van der Waals surface area contributed by atoms with Gasteiger partial charge in [-0.3, -0.25) is 9.78 Å². The van der Waals surface area contributed by atoms with E-state index in [1.165, 1.54) is 19.2 Å². The van der Waals surface area contributed by atoms with Crippen molar-refractivity contribution < 1.29 is 17.6 Å². The maximum atomic E-state index is 12.8. The smallest absolute Gasteiger partial charge is 0.287 e. The van der Waals surface area contributed by atoms with Crippen LogP contribution in [0, 0.1) is 6.92 Å². The first-order valence-corrected chi connectivity index (χ1v) is 10.3. The highest BCUT2D eigenvalue weighted by molar-refractivity contribution is 7.90. The van der Waals surface area contributed by atoms with Crippen molar-refractivity contribution in [3.05, 3.63) is 77.4 Å². The van der Waals surface area contributed by atoms with E-state index in [9.17, 15) is 13.2 Å². The Morgan fingerprint density at radius 2 is 1.86 bits per heavy atom. The number of rotatable bonds is 4. The van der Waals surface area contributed by atoms with E-state index < -0.39 is 15.9 Å². The first-order valence-electron chi connectivity index (χ1n) is 8.48. The zero-order valence-corrected chi connectivity index (χ0v) is 16.7. The fraction of sp³-hybridized carbons (Fsp3) is 0.0500. The van der Waals surface area contributed by atoms with Crippen LogP contribution in [0.5, 0.6) is 0 Å². The van der Waals surface area contributed by atoms with Crippen molar-refractivity contribution in [3.8, 4) is 11.5 Å². The van der Waals surface area contributed by atoms with Gasteiger partial charge in [-0.1, -0.05) is 23.7 Å². The van der Waals surface area contributed by atoms with Gasteiger partial charge in [-0.25, -0.2) is 18.1 Å². The number of halogens is 1. The Morgan fingerprint density at radius 1 is 1.10 bits per heavy atom. The van der Waals surface area contributed by atoms with Crippen molar-refractivity contribution in [2.45, 2.75) is 11.8 Å². The normalized spacial score (nSPS) is 11.5. The number of sulfonamides is 1. The van der Waals surface area contributed by atoms with Crippen LogP contribution in [0.1, 0.15) is 16.2 Å². The summed E-state index contributed by atoms with van der Waals surface area (Å²) in [5.41, 5.74) is 0.501. The first-order chi connectivity index (χ1) is 13.8. The highest BCUT2D eigenvalue weighted by Crippen LogP contribution is 2.25. The highest BCUT2D eigenvalue weighted by Gasteiger charge is 2.25. The first kappa shape index (κ1) is 19.1. The van der Waals surface area contributed by atoms with Gasteiger partial charge < -0.3 is 4.42 Å². The molecule has 1 amide bonds. The van der Waals surface area contributed by atoms with Gasteiger partial charge in [0.1, 0.15) is 5.76 Å². The van der Waals surface area contributed by atoms with Gasteiger partial charge >= 0.3 is 0 Å². The topological polar surface area (TPSA) is 102 Å². The number of hydrogen-bond donors (Lipinski definition) is 1. The Morgan fingerprint density at radius 3 is 2.62 bits per heavy atom. The Balaban J connectivity index is 1.66. The largest absolute Gasteiger partial charge is 0.441 e. The maximum absolute atomic E-state index is 12.8. The van der Waals surface area contributed by atoms with E-state index in [0.29, 0.717) is 21.4 Å². The van der Waals surface area contributed by atoms with Crippen LogP contribution in [0.25, 0.3) is 22.2 Å². The zero-order chi connectivity index (χ0) is 20.6. The van der Waals surface area contributed by atoms with Crippen LogP contribution in [0.2, 0.25) is 5.02 Å². The van der Waals surface area contributed by atoms with Gasteiger partial charge in [-0.05, 0) is 43.3 Å². The molecule has 29 heavy (non-hydrogen) atoms. The minimum atomic E-state index is -4.14. The summed E-state index contributed by atoms with van der Waals surface area (Å²) < 4.78 is 33.3. The zero-order valence-electron chi connectivity index (χ0n) is 15.1. The number of pyridine rings is 1. The number of aryl methyl sites for hydroxylation is 1.